The molecule has 23 heavy (non-hydrogen) atoms. The normalized spacial score (nSPS) is 11.3. The number of anilines is 1. The van der Waals surface area contributed by atoms with Crippen LogP contribution in [0.2, 0.25) is 0 Å². The number of nitrogens with zero attached hydrogens (tertiary/aromatic N) is 3. The molecule has 0 atom stereocenters. The summed E-state index contributed by atoms with van der Waals surface area (Å²) in [5, 5.41) is 8.09. The molecule has 1 aromatic carbocycles. The molecule has 3 aromatic rings. The van der Waals surface area contributed by atoms with Crippen molar-refractivity contribution in [1.82, 2.24) is 14.8 Å². The second-order valence-electron chi connectivity index (χ2n) is 5.48. The standard InChI is InChI=1S/C18H18N4O/c1-12-11-13(2)19-18-16(12)17(21-22(18)3)20-15(23)10-9-14-7-5-4-6-8-14/h4-11H,1-3H3,(H,20,21,23). The van der Waals surface area contributed by atoms with Crippen molar-refractivity contribution in [1.29, 1.82) is 0 Å². The van der Waals surface area contributed by atoms with Crippen LogP contribution in [-0.2, 0) is 11.8 Å². The van der Waals surface area contributed by atoms with Gasteiger partial charge in [-0.3, -0.25) is 4.79 Å². The van der Waals surface area contributed by atoms with Crippen LogP contribution in [0, 0.1) is 13.8 Å². The van der Waals surface area contributed by atoms with Gasteiger partial charge in [0.05, 0.1) is 5.39 Å². The van der Waals surface area contributed by atoms with E-state index in [9.17, 15) is 4.79 Å². The Labute approximate surface area is 134 Å². The first-order valence-corrected chi connectivity index (χ1v) is 7.39. The summed E-state index contributed by atoms with van der Waals surface area (Å²) in [6.07, 6.45) is 3.28. The quantitative estimate of drug-likeness (QED) is 0.756. The lowest BCUT2D eigenvalue weighted by atomic mass is 10.1. The van der Waals surface area contributed by atoms with Crippen LogP contribution in [0.15, 0.2) is 42.5 Å². The monoisotopic (exact) mass is 306 g/mol. The Kier molecular flexibility index (Phi) is 3.93. The van der Waals surface area contributed by atoms with E-state index in [0.717, 1.165) is 27.9 Å². The Balaban J connectivity index is 1.87. The number of carbonyl (C=O) groups is 1. The molecule has 0 aliphatic heterocycles. The molecule has 2 aromatic heterocycles. The smallest absolute Gasteiger partial charge is 0.249 e. The highest BCUT2D eigenvalue weighted by Crippen LogP contribution is 2.25. The third-order valence-electron chi connectivity index (χ3n) is 3.59. The van der Waals surface area contributed by atoms with Gasteiger partial charge in [0, 0.05) is 18.8 Å². The number of carbonyl (C=O) groups excluding carboxylic acids is 1. The minimum atomic E-state index is -0.214. The lowest BCUT2D eigenvalue weighted by Crippen LogP contribution is -2.09. The summed E-state index contributed by atoms with van der Waals surface area (Å²) in [6.45, 7) is 3.94. The molecule has 0 fully saturated rings. The first-order chi connectivity index (χ1) is 11.0. The molecule has 1 N–H and O–H groups in total. The maximum atomic E-state index is 12.1. The molecular formula is C18H18N4O. The zero-order valence-corrected chi connectivity index (χ0v) is 13.4. The molecular weight excluding hydrogens is 288 g/mol. The number of nitrogens with one attached hydrogen (secondary N) is 1. The molecule has 116 valence electrons. The summed E-state index contributed by atoms with van der Waals surface area (Å²) in [5.74, 6) is 0.323. The molecule has 3 rings (SSSR count). The van der Waals surface area contributed by atoms with Gasteiger partial charge < -0.3 is 5.32 Å². The molecule has 0 aliphatic carbocycles. The summed E-state index contributed by atoms with van der Waals surface area (Å²) < 4.78 is 1.69. The van der Waals surface area contributed by atoms with Crippen LogP contribution in [0.1, 0.15) is 16.8 Å². The molecule has 0 bridgehead atoms. The summed E-state index contributed by atoms with van der Waals surface area (Å²) in [7, 11) is 1.82. The third kappa shape index (κ3) is 3.13. The Hall–Kier alpha value is -2.95. The number of hydrogen-bond donors (Lipinski definition) is 1. The summed E-state index contributed by atoms with van der Waals surface area (Å²) in [6, 6.07) is 11.7. The average Bonchev–Trinajstić information content (AvgIpc) is 2.82. The summed E-state index contributed by atoms with van der Waals surface area (Å²) in [5.41, 5.74) is 3.72. The van der Waals surface area contributed by atoms with E-state index in [1.165, 1.54) is 6.08 Å². The maximum absolute atomic E-state index is 12.1. The van der Waals surface area contributed by atoms with Gasteiger partial charge in [0.15, 0.2) is 11.5 Å². The van der Waals surface area contributed by atoms with E-state index in [4.69, 9.17) is 0 Å². The van der Waals surface area contributed by atoms with Crippen molar-refractivity contribution >= 4 is 28.8 Å². The van der Waals surface area contributed by atoms with Crippen LogP contribution in [-0.4, -0.2) is 20.7 Å². The zero-order chi connectivity index (χ0) is 16.4. The maximum Gasteiger partial charge on any atom is 0.249 e. The van der Waals surface area contributed by atoms with Gasteiger partial charge >= 0.3 is 0 Å². The number of fused-ring (bicyclic) bond motifs is 1. The lowest BCUT2D eigenvalue weighted by molar-refractivity contribution is -0.111. The Bertz CT molecular complexity index is 894. The van der Waals surface area contributed by atoms with Crippen molar-refractivity contribution in [3.8, 4) is 0 Å². The minimum absolute atomic E-state index is 0.214. The van der Waals surface area contributed by atoms with Gasteiger partial charge in [-0.1, -0.05) is 30.3 Å². The molecule has 0 saturated carbocycles. The first-order valence-electron chi connectivity index (χ1n) is 7.39. The van der Waals surface area contributed by atoms with E-state index in [1.54, 1.807) is 10.8 Å². The Morgan fingerprint density at radius 3 is 2.70 bits per heavy atom. The fourth-order valence-corrected chi connectivity index (χ4v) is 2.57. The molecule has 0 radical (unpaired) electrons. The van der Waals surface area contributed by atoms with Crippen molar-refractivity contribution in [2.24, 2.45) is 7.05 Å². The molecule has 0 unspecified atom stereocenters. The van der Waals surface area contributed by atoms with Crippen LogP contribution < -0.4 is 5.32 Å². The van der Waals surface area contributed by atoms with Gasteiger partial charge in [-0.05, 0) is 37.1 Å². The molecule has 0 saturated heterocycles. The van der Waals surface area contributed by atoms with Crippen LogP contribution in [0.25, 0.3) is 17.1 Å². The molecule has 0 aliphatic rings. The highest BCUT2D eigenvalue weighted by atomic mass is 16.1. The largest absolute Gasteiger partial charge is 0.305 e. The topological polar surface area (TPSA) is 59.8 Å². The molecule has 2 heterocycles. The number of pyridine rings is 1. The van der Waals surface area contributed by atoms with Crippen LogP contribution in [0.5, 0.6) is 0 Å². The molecule has 0 spiro atoms. The minimum Gasteiger partial charge on any atom is -0.305 e. The average molecular weight is 306 g/mol. The third-order valence-corrected chi connectivity index (χ3v) is 3.59. The molecule has 1 amide bonds. The van der Waals surface area contributed by atoms with Crippen molar-refractivity contribution < 1.29 is 4.79 Å². The number of hydrogen-bond acceptors (Lipinski definition) is 3. The molecule has 5 nitrogen and oxygen atoms in total. The number of rotatable bonds is 3. The van der Waals surface area contributed by atoms with Gasteiger partial charge in [0.1, 0.15) is 0 Å². The van der Waals surface area contributed by atoms with Crippen LogP contribution in [0.4, 0.5) is 5.82 Å². The zero-order valence-electron chi connectivity index (χ0n) is 13.4. The van der Waals surface area contributed by atoms with E-state index in [-0.39, 0.29) is 5.91 Å². The first kappa shape index (κ1) is 15.0. The van der Waals surface area contributed by atoms with E-state index >= 15 is 0 Å². The number of aryl methyl sites for hydroxylation is 3. The van der Waals surface area contributed by atoms with E-state index < -0.39 is 0 Å². The van der Waals surface area contributed by atoms with Crippen molar-refractivity contribution in [3.63, 3.8) is 0 Å². The highest BCUT2D eigenvalue weighted by Gasteiger charge is 2.14. The fraction of sp³-hybridized carbons (Fsp3) is 0.167. The predicted molar refractivity (Wildman–Crippen MR) is 92.1 cm³/mol. The SMILES string of the molecule is Cc1cc(C)c2c(NC(=O)C=Cc3ccccc3)nn(C)c2n1. The van der Waals surface area contributed by atoms with Gasteiger partial charge in [-0.15, -0.1) is 0 Å². The molecule has 5 heteroatoms. The van der Waals surface area contributed by atoms with E-state index in [0.29, 0.717) is 5.82 Å². The number of aromatic nitrogens is 3. The second kappa shape index (κ2) is 6.04. The number of benzene rings is 1. The lowest BCUT2D eigenvalue weighted by Gasteiger charge is -2.02. The van der Waals surface area contributed by atoms with E-state index in [1.807, 2.05) is 57.3 Å². The van der Waals surface area contributed by atoms with E-state index in [2.05, 4.69) is 15.4 Å². The number of amides is 1. The second-order valence-corrected chi connectivity index (χ2v) is 5.48. The Morgan fingerprint density at radius 2 is 1.96 bits per heavy atom. The van der Waals surface area contributed by atoms with Crippen LogP contribution in [0.3, 0.4) is 0 Å². The van der Waals surface area contributed by atoms with Gasteiger partial charge in [-0.2, -0.15) is 5.10 Å². The van der Waals surface area contributed by atoms with Gasteiger partial charge in [0.2, 0.25) is 5.91 Å². The summed E-state index contributed by atoms with van der Waals surface area (Å²) in [4.78, 5) is 16.6. The van der Waals surface area contributed by atoms with Crippen molar-refractivity contribution in [2.75, 3.05) is 5.32 Å². The fourth-order valence-electron chi connectivity index (χ4n) is 2.57. The van der Waals surface area contributed by atoms with Crippen molar-refractivity contribution in [3.05, 3.63) is 59.3 Å². The Morgan fingerprint density at radius 1 is 1.22 bits per heavy atom. The van der Waals surface area contributed by atoms with Crippen molar-refractivity contribution in [2.45, 2.75) is 13.8 Å². The predicted octanol–water partition coefficient (Wildman–Crippen LogP) is 3.24. The summed E-state index contributed by atoms with van der Waals surface area (Å²) >= 11 is 0. The van der Waals surface area contributed by atoms with Gasteiger partial charge in [-0.25, -0.2) is 9.67 Å². The van der Waals surface area contributed by atoms with Crippen LogP contribution >= 0.6 is 0 Å². The highest BCUT2D eigenvalue weighted by molar-refractivity contribution is 6.06. The van der Waals surface area contributed by atoms with Gasteiger partial charge in [0.25, 0.3) is 0 Å².